The Labute approximate surface area is 119 Å². The molecule has 1 saturated carbocycles. The number of benzene rings is 1. The molecule has 0 amide bonds. The third-order valence-electron chi connectivity index (χ3n) is 4.07. The zero-order valence-corrected chi connectivity index (χ0v) is 11.8. The molecule has 104 valence electrons. The van der Waals surface area contributed by atoms with Gasteiger partial charge in [-0.25, -0.2) is 9.97 Å². The standard InChI is InChI=1S/C17H20N2O/c1-2-3-13-4-6-14(7-5-13)15-8-11-18-16(19-15)17(12-20)9-10-17/h4-8,11,20H,2-3,9-10,12H2,1H3. The predicted octanol–water partition coefficient (Wildman–Crippen LogP) is 3.12. The summed E-state index contributed by atoms with van der Waals surface area (Å²) in [5.41, 5.74) is 3.25. The van der Waals surface area contributed by atoms with Gasteiger partial charge in [0.15, 0.2) is 0 Å². The van der Waals surface area contributed by atoms with Crippen molar-refractivity contribution in [2.75, 3.05) is 6.61 Å². The minimum absolute atomic E-state index is 0.145. The average molecular weight is 268 g/mol. The maximum absolute atomic E-state index is 9.49. The average Bonchev–Trinajstić information content (AvgIpc) is 3.30. The number of nitrogens with zero attached hydrogens (tertiary/aromatic N) is 2. The predicted molar refractivity (Wildman–Crippen MR) is 79.5 cm³/mol. The summed E-state index contributed by atoms with van der Waals surface area (Å²) in [6, 6.07) is 10.5. The summed E-state index contributed by atoms with van der Waals surface area (Å²) < 4.78 is 0. The van der Waals surface area contributed by atoms with Gasteiger partial charge in [-0.3, -0.25) is 0 Å². The summed E-state index contributed by atoms with van der Waals surface area (Å²) in [6.45, 7) is 2.33. The van der Waals surface area contributed by atoms with Gasteiger partial charge in [-0.15, -0.1) is 0 Å². The summed E-state index contributed by atoms with van der Waals surface area (Å²) in [5.74, 6) is 0.787. The van der Waals surface area contributed by atoms with Gasteiger partial charge in [0, 0.05) is 11.8 Å². The van der Waals surface area contributed by atoms with E-state index < -0.39 is 0 Å². The van der Waals surface area contributed by atoms with E-state index in [1.807, 2.05) is 6.07 Å². The monoisotopic (exact) mass is 268 g/mol. The van der Waals surface area contributed by atoms with Gasteiger partial charge in [0.25, 0.3) is 0 Å². The van der Waals surface area contributed by atoms with Crippen molar-refractivity contribution in [1.29, 1.82) is 0 Å². The van der Waals surface area contributed by atoms with Gasteiger partial charge in [-0.1, -0.05) is 37.6 Å². The molecule has 20 heavy (non-hydrogen) atoms. The highest BCUT2D eigenvalue weighted by molar-refractivity contribution is 5.59. The van der Waals surface area contributed by atoms with E-state index in [-0.39, 0.29) is 12.0 Å². The van der Waals surface area contributed by atoms with Crippen molar-refractivity contribution in [2.45, 2.75) is 38.0 Å². The van der Waals surface area contributed by atoms with Gasteiger partial charge < -0.3 is 5.11 Å². The molecule has 1 aromatic carbocycles. The van der Waals surface area contributed by atoms with Crippen LogP contribution in [0.15, 0.2) is 36.5 Å². The second-order valence-corrected chi connectivity index (χ2v) is 5.65. The fraction of sp³-hybridized carbons (Fsp3) is 0.412. The fourth-order valence-electron chi connectivity index (χ4n) is 2.51. The van der Waals surface area contributed by atoms with Crippen LogP contribution in [0.5, 0.6) is 0 Å². The van der Waals surface area contributed by atoms with Crippen LogP contribution >= 0.6 is 0 Å². The zero-order chi connectivity index (χ0) is 14.0. The molecule has 0 saturated heterocycles. The second-order valence-electron chi connectivity index (χ2n) is 5.65. The van der Waals surface area contributed by atoms with Crippen molar-refractivity contribution in [3.8, 4) is 11.3 Å². The van der Waals surface area contributed by atoms with E-state index >= 15 is 0 Å². The van der Waals surface area contributed by atoms with Crippen molar-refractivity contribution in [3.05, 3.63) is 47.9 Å². The van der Waals surface area contributed by atoms with Gasteiger partial charge in [-0.05, 0) is 30.9 Å². The topological polar surface area (TPSA) is 46.0 Å². The molecule has 0 unspecified atom stereocenters. The fourth-order valence-corrected chi connectivity index (χ4v) is 2.51. The number of rotatable bonds is 5. The van der Waals surface area contributed by atoms with E-state index in [0.29, 0.717) is 0 Å². The summed E-state index contributed by atoms with van der Waals surface area (Å²) >= 11 is 0. The molecule has 1 aromatic heterocycles. The Hall–Kier alpha value is -1.74. The Balaban J connectivity index is 1.88. The zero-order valence-electron chi connectivity index (χ0n) is 11.8. The largest absolute Gasteiger partial charge is 0.395 e. The van der Waals surface area contributed by atoms with Crippen LogP contribution in [-0.4, -0.2) is 21.7 Å². The highest BCUT2D eigenvalue weighted by Crippen LogP contribution is 2.46. The molecule has 1 fully saturated rings. The van der Waals surface area contributed by atoms with E-state index in [2.05, 4.69) is 41.2 Å². The number of aryl methyl sites for hydroxylation is 1. The molecule has 3 rings (SSSR count). The van der Waals surface area contributed by atoms with E-state index in [1.165, 1.54) is 5.56 Å². The van der Waals surface area contributed by atoms with Crippen LogP contribution in [0.4, 0.5) is 0 Å². The first-order valence-corrected chi connectivity index (χ1v) is 7.31. The molecule has 1 heterocycles. The van der Waals surface area contributed by atoms with Gasteiger partial charge >= 0.3 is 0 Å². The Kier molecular flexibility index (Phi) is 3.53. The van der Waals surface area contributed by atoms with Crippen LogP contribution in [0.1, 0.15) is 37.6 Å². The van der Waals surface area contributed by atoms with Crippen molar-refractivity contribution in [3.63, 3.8) is 0 Å². The third kappa shape index (κ3) is 2.46. The van der Waals surface area contributed by atoms with Crippen LogP contribution in [-0.2, 0) is 11.8 Å². The quantitative estimate of drug-likeness (QED) is 0.906. The van der Waals surface area contributed by atoms with Crippen molar-refractivity contribution in [1.82, 2.24) is 9.97 Å². The number of aliphatic hydroxyl groups is 1. The van der Waals surface area contributed by atoms with Crippen molar-refractivity contribution in [2.24, 2.45) is 0 Å². The molecule has 1 N–H and O–H groups in total. The van der Waals surface area contributed by atoms with Crippen molar-refractivity contribution >= 4 is 0 Å². The van der Waals surface area contributed by atoms with Gasteiger partial charge in [0.1, 0.15) is 5.82 Å². The molecule has 0 aliphatic heterocycles. The first-order chi connectivity index (χ1) is 9.77. The second kappa shape index (κ2) is 5.33. The normalized spacial score (nSPS) is 16.1. The third-order valence-corrected chi connectivity index (χ3v) is 4.07. The molecule has 1 aliphatic rings. The lowest BCUT2D eigenvalue weighted by Gasteiger charge is -2.11. The molecular formula is C17H20N2O. The molecule has 1 aliphatic carbocycles. The summed E-state index contributed by atoms with van der Waals surface area (Å²) in [6.07, 6.45) is 6.05. The number of hydrogen-bond donors (Lipinski definition) is 1. The Morgan fingerprint density at radius 3 is 2.50 bits per heavy atom. The van der Waals surface area contributed by atoms with E-state index in [0.717, 1.165) is 42.8 Å². The number of aliphatic hydroxyl groups excluding tert-OH is 1. The molecule has 0 spiro atoms. The first-order valence-electron chi connectivity index (χ1n) is 7.31. The first kappa shape index (κ1) is 13.3. The highest BCUT2D eigenvalue weighted by Gasteiger charge is 2.46. The number of aromatic nitrogens is 2. The minimum Gasteiger partial charge on any atom is -0.395 e. The Morgan fingerprint density at radius 1 is 1.15 bits per heavy atom. The highest BCUT2D eigenvalue weighted by atomic mass is 16.3. The molecule has 3 heteroatoms. The van der Waals surface area contributed by atoms with Gasteiger partial charge in [0.05, 0.1) is 17.7 Å². The Morgan fingerprint density at radius 2 is 1.90 bits per heavy atom. The summed E-state index contributed by atoms with van der Waals surface area (Å²) in [7, 11) is 0. The lowest BCUT2D eigenvalue weighted by molar-refractivity contribution is 0.250. The van der Waals surface area contributed by atoms with Crippen LogP contribution < -0.4 is 0 Å². The minimum atomic E-state index is -0.168. The van der Waals surface area contributed by atoms with Crippen LogP contribution in [0.2, 0.25) is 0 Å². The maximum atomic E-state index is 9.49. The molecule has 0 radical (unpaired) electrons. The molecule has 0 atom stereocenters. The van der Waals surface area contributed by atoms with Gasteiger partial charge in [0.2, 0.25) is 0 Å². The van der Waals surface area contributed by atoms with Crippen LogP contribution in [0, 0.1) is 0 Å². The van der Waals surface area contributed by atoms with Crippen LogP contribution in [0.25, 0.3) is 11.3 Å². The molecule has 2 aromatic rings. The lowest BCUT2D eigenvalue weighted by atomic mass is 10.0. The summed E-state index contributed by atoms with van der Waals surface area (Å²) in [4.78, 5) is 9.00. The smallest absolute Gasteiger partial charge is 0.137 e. The van der Waals surface area contributed by atoms with Crippen molar-refractivity contribution < 1.29 is 5.11 Å². The van der Waals surface area contributed by atoms with E-state index in [1.54, 1.807) is 6.20 Å². The SMILES string of the molecule is CCCc1ccc(-c2ccnc(C3(CO)CC3)n2)cc1. The maximum Gasteiger partial charge on any atom is 0.137 e. The van der Waals surface area contributed by atoms with E-state index in [4.69, 9.17) is 0 Å². The molecule has 3 nitrogen and oxygen atoms in total. The molecule has 0 bridgehead atoms. The molecular weight excluding hydrogens is 248 g/mol. The van der Waals surface area contributed by atoms with Gasteiger partial charge in [-0.2, -0.15) is 0 Å². The van der Waals surface area contributed by atoms with E-state index in [9.17, 15) is 5.11 Å². The number of hydrogen-bond acceptors (Lipinski definition) is 3. The summed E-state index contributed by atoms with van der Waals surface area (Å²) in [5, 5.41) is 9.49. The Bertz CT molecular complexity index is 588. The lowest BCUT2D eigenvalue weighted by Crippen LogP contribution is -2.16. The van der Waals surface area contributed by atoms with Crippen LogP contribution in [0.3, 0.4) is 0 Å².